The quantitative estimate of drug-likeness (QED) is 0.760. The smallest absolute Gasteiger partial charge is 0.303 e. The summed E-state index contributed by atoms with van der Waals surface area (Å²) < 4.78 is 0. The number of hydrogen-bond donors (Lipinski definition) is 2. The van der Waals surface area contributed by atoms with Gasteiger partial charge in [-0.1, -0.05) is 23.7 Å². The van der Waals surface area contributed by atoms with Crippen molar-refractivity contribution in [2.45, 2.75) is 57.5 Å². The Morgan fingerprint density at radius 1 is 1.27 bits per heavy atom. The molecule has 0 aliphatic carbocycles. The number of nitrogens with zero attached hydrogens (tertiary/aromatic N) is 1. The molecule has 1 heterocycles. The molecule has 26 heavy (non-hydrogen) atoms. The molecule has 1 aliphatic heterocycles. The molecule has 0 unspecified atom stereocenters. The summed E-state index contributed by atoms with van der Waals surface area (Å²) in [6.45, 7) is 2.06. The molecular formula is C19H25ClN2O4. The fraction of sp³-hybridized carbons (Fsp3) is 0.526. The number of likely N-dealkylation sites (tertiary alicyclic amines) is 1. The Morgan fingerprint density at radius 2 is 1.96 bits per heavy atom. The molecule has 1 aromatic rings. The predicted molar refractivity (Wildman–Crippen MR) is 98.8 cm³/mol. The van der Waals surface area contributed by atoms with Gasteiger partial charge in [-0.05, 0) is 43.4 Å². The number of benzene rings is 1. The van der Waals surface area contributed by atoms with Crippen molar-refractivity contribution in [1.82, 2.24) is 10.2 Å². The average molecular weight is 381 g/mol. The normalized spacial score (nSPS) is 18.2. The minimum absolute atomic E-state index is 0.0458. The Balaban J connectivity index is 2.09. The number of nitrogens with one attached hydrogen (secondary N) is 1. The van der Waals surface area contributed by atoms with Gasteiger partial charge in [0, 0.05) is 31.0 Å². The lowest BCUT2D eigenvalue weighted by Crippen LogP contribution is -2.45. The average Bonchev–Trinajstić information content (AvgIpc) is 2.60. The molecule has 1 saturated heterocycles. The van der Waals surface area contributed by atoms with Crippen molar-refractivity contribution in [2.24, 2.45) is 0 Å². The van der Waals surface area contributed by atoms with Crippen LogP contribution in [0.15, 0.2) is 24.3 Å². The standard InChI is InChI=1S/C19H25ClN2O4/c1-13(23)21-17(14-5-7-15(20)8-6-14)12-18(24)22-11-3-2-4-16(22)9-10-19(25)26/h5-8,16-17H,2-4,9-12H2,1H3,(H,21,23)(H,25,26)/t16-,17-/m1/s1. The molecular weight excluding hydrogens is 356 g/mol. The summed E-state index contributed by atoms with van der Waals surface area (Å²) in [5.41, 5.74) is 0.817. The van der Waals surface area contributed by atoms with Crippen molar-refractivity contribution >= 4 is 29.4 Å². The van der Waals surface area contributed by atoms with Crippen LogP contribution in [0.4, 0.5) is 0 Å². The lowest BCUT2D eigenvalue weighted by Gasteiger charge is -2.36. The molecule has 1 aromatic carbocycles. The first kappa shape index (κ1) is 20.2. The number of carbonyl (C=O) groups is 3. The van der Waals surface area contributed by atoms with E-state index in [9.17, 15) is 14.4 Å². The minimum Gasteiger partial charge on any atom is -0.481 e. The van der Waals surface area contributed by atoms with Crippen LogP contribution >= 0.6 is 11.6 Å². The second-order valence-corrected chi connectivity index (χ2v) is 7.11. The zero-order valence-electron chi connectivity index (χ0n) is 14.9. The zero-order chi connectivity index (χ0) is 19.1. The topological polar surface area (TPSA) is 86.7 Å². The molecule has 6 nitrogen and oxygen atoms in total. The molecule has 142 valence electrons. The number of carboxylic acid groups (broad SMARTS) is 1. The first-order valence-electron chi connectivity index (χ1n) is 8.90. The van der Waals surface area contributed by atoms with E-state index in [1.807, 2.05) is 0 Å². The SMILES string of the molecule is CC(=O)N[C@H](CC(=O)N1CCCC[C@@H]1CCC(=O)O)c1ccc(Cl)cc1. The molecule has 2 amide bonds. The fourth-order valence-corrected chi connectivity index (χ4v) is 3.53. The summed E-state index contributed by atoms with van der Waals surface area (Å²) in [5.74, 6) is -1.12. The Bertz CT molecular complexity index is 647. The number of hydrogen-bond acceptors (Lipinski definition) is 3. The fourth-order valence-electron chi connectivity index (χ4n) is 3.40. The first-order valence-corrected chi connectivity index (χ1v) is 9.28. The summed E-state index contributed by atoms with van der Waals surface area (Å²) in [6, 6.07) is 6.58. The number of piperidine rings is 1. The number of carbonyl (C=O) groups excluding carboxylic acids is 2. The largest absolute Gasteiger partial charge is 0.481 e. The number of aliphatic carboxylic acids is 1. The van der Waals surface area contributed by atoms with Crippen LogP contribution in [0.25, 0.3) is 0 Å². The Labute approximate surface area is 158 Å². The van der Waals surface area contributed by atoms with Gasteiger partial charge in [-0.25, -0.2) is 0 Å². The van der Waals surface area contributed by atoms with Crippen molar-refractivity contribution < 1.29 is 19.5 Å². The predicted octanol–water partition coefficient (Wildman–Crippen LogP) is 3.15. The van der Waals surface area contributed by atoms with E-state index in [1.54, 1.807) is 29.2 Å². The number of amides is 2. The molecule has 2 N–H and O–H groups in total. The van der Waals surface area contributed by atoms with Crippen LogP contribution in [0, 0.1) is 0 Å². The Kier molecular flexibility index (Phi) is 7.45. The van der Waals surface area contributed by atoms with E-state index in [0.717, 1.165) is 24.8 Å². The molecule has 1 fully saturated rings. The number of carboxylic acids is 1. The number of halogens is 1. The van der Waals surface area contributed by atoms with E-state index < -0.39 is 12.0 Å². The van der Waals surface area contributed by atoms with Gasteiger partial charge in [0.25, 0.3) is 0 Å². The third-order valence-corrected chi connectivity index (χ3v) is 4.92. The van der Waals surface area contributed by atoms with Crippen LogP contribution in [0.3, 0.4) is 0 Å². The van der Waals surface area contributed by atoms with E-state index in [-0.39, 0.29) is 30.7 Å². The maximum absolute atomic E-state index is 12.9. The van der Waals surface area contributed by atoms with E-state index in [2.05, 4.69) is 5.32 Å². The van der Waals surface area contributed by atoms with E-state index in [4.69, 9.17) is 16.7 Å². The van der Waals surface area contributed by atoms with Gasteiger partial charge in [-0.15, -0.1) is 0 Å². The van der Waals surface area contributed by atoms with Crippen LogP contribution in [0.5, 0.6) is 0 Å². The van der Waals surface area contributed by atoms with Gasteiger partial charge >= 0.3 is 5.97 Å². The zero-order valence-corrected chi connectivity index (χ0v) is 15.7. The molecule has 0 aromatic heterocycles. The molecule has 0 saturated carbocycles. The molecule has 0 bridgehead atoms. The van der Waals surface area contributed by atoms with Gasteiger partial charge in [0.05, 0.1) is 12.5 Å². The minimum atomic E-state index is -0.847. The van der Waals surface area contributed by atoms with Gasteiger partial charge < -0.3 is 15.3 Å². The van der Waals surface area contributed by atoms with E-state index >= 15 is 0 Å². The van der Waals surface area contributed by atoms with Crippen LogP contribution in [-0.2, 0) is 14.4 Å². The molecule has 2 atom stereocenters. The van der Waals surface area contributed by atoms with Crippen LogP contribution < -0.4 is 5.32 Å². The molecule has 0 spiro atoms. The van der Waals surface area contributed by atoms with E-state index in [0.29, 0.717) is 18.0 Å². The lowest BCUT2D eigenvalue weighted by molar-refractivity contribution is -0.140. The highest BCUT2D eigenvalue weighted by molar-refractivity contribution is 6.30. The van der Waals surface area contributed by atoms with Crippen molar-refractivity contribution in [3.63, 3.8) is 0 Å². The van der Waals surface area contributed by atoms with Crippen LogP contribution in [0.1, 0.15) is 57.1 Å². The maximum atomic E-state index is 12.9. The second-order valence-electron chi connectivity index (χ2n) is 6.68. The summed E-state index contributed by atoms with van der Waals surface area (Å²) in [4.78, 5) is 37.1. The molecule has 2 rings (SSSR count). The van der Waals surface area contributed by atoms with Crippen molar-refractivity contribution in [3.8, 4) is 0 Å². The highest BCUT2D eigenvalue weighted by atomic mass is 35.5. The van der Waals surface area contributed by atoms with Crippen molar-refractivity contribution in [3.05, 3.63) is 34.9 Å². The summed E-state index contributed by atoms with van der Waals surface area (Å²) in [6.07, 6.45) is 3.41. The number of rotatable bonds is 7. The van der Waals surface area contributed by atoms with Gasteiger partial charge in [0.2, 0.25) is 11.8 Å². The third-order valence-electron chi connectivity index (χ3n) is 4.67. The van der Waals surface area contributed by atoms with Crippen LogP contribution in [0.2, 0.25) is 5.02 Å². The summed E-state index contributed by atoms with van der Waals surface area (Å²) in [7, 11) is 0. The Hall–Kier alpha value is -2.08. The maximum Gasteiger partial charge on any atom is 0.303 e. The lowest BCUT2D eigenvalue weighted by atomic mass is 9.96. The first-order chi connectivity index (χ1) is 12.4. The monoisotopic (exact) mass is 380 g/mol. The van der Waals surface area contributed by atoms with Gasteiger partial charge in [0.15, 0.2) is 0 Å². The van der Waals surface area contributed by atoms with Crippen molar-refractivity contribution in [1.29, 1.82) is 0 Å². The molecule has 0 radical (unpaired) electrons. The highest BCUT2D eigenvalue weighted by Gasteiger charge is 2.29. The third kappa shape index (κ3) is 6.02. The van der Waals surface area contributed by atoms with Crippen LogP contribution in [-0.4, -0.2) is 40.4 Å². The summed E-state index contributed by atoms with van der Waals surface area (Å²) in [5, 5.41) is 12.3. The van der Waals surface area contributed by atoms with Gasteiger partial charge in [0.1, 0.15) is 0 Å². The van der Waals surface area contributed by atoms with Gasteiger partial charge in [-0.2, -0.15) is 0 Å². The summed E-state index contributed by atoms with van der Waals surface area (Å²) >= 11 is 5.92. The van der Waals surface area contributed by atoms with Crippen molar-refractivity contribution in [2.75, 3.05) is 6.54 Å². The van der Waals surface area contributed by atoms with E-state index in [1.165, 1.54) is 6.92 Å². The highest BCUT2D eigenvalue weighted by Crippen LogP contribution is 2.25. The molecule has 7 heteroatoms. The molecule has 1 aliphatic rings. The Morgan fingerprint density at radius 3 is 2.58 bits per heavy atom. The van der Waals surface area contributed by atoms with Gasteiger partial charge in [-0.3, -0.25) is 14.4 Å². The second kappa shape index (κ2) is 9.57.